The van der Waals surface area contributed by atoms with Crippen LogP contribution in [0.15, 0.2) is 30.3 Å². The van der Waals surface area contributed by atoms with E-state index in [2.05, 4.69) is 0 Å². The van der Waals surface area contributed by atoms with Gasteiger partial charge in [-0.1, -0.05) is 30.3 Å². The summed E-state index contributed by atoms with van der Waals surface area (Å²) < 4.78 is 5.30. The number of ether oxygens (including phenoxy) is 1. The van der Waals surface area contributed by atoms with Gasteiger partial charge in [-0.15, -0.1) is 0 Å². The average Bonchev–Trinajstić information content (AvgIpc) is 2.99. The topological polar surface area (TPSA) is 29.5 Å². The zero-order chi connectivity index (χ0) is 11.0. The molecule has 0 aromatic heterocycles. The van der Waals surface area contributed by atoms with E-state index in [4.69, 9.17) is 4.74 Å². The van der Waals surface area contributed by atoms with Gasteiger partial charge in [0.1, 0.15) is 6.61 Å². The van der Waals surface area contributed by atoms with Crippen LogP contribution < -0.4 is 0 Å². The Morgan fingerprint density at radius 3 is 2.81 bits per heavy atom. The molecule has 0 radical (unpaired) electrons. The summed E-state index contributed by atoms with van der Waals surface area (Å²) in [6.45, 7) is 1.26. The largest absolute Gasteiger partial charge is 0.445 e. The maximum absolute atomic E-state index is 11.8. The van der Waals surface area contributed by atoms with Gasteiger partial charge in [-0.05, 0) is 24.3 Å². The highest BCUT2D eigenvalue weighted by molar-refractivity contribution is 5.69. The summed E-state index contributed by atoms with van der Waals surface area (Å²) >= 11 is 0. The molecule has 3 rings (SSSR count). The van der Waals surface area contributed by atoms with Crippen molar-refractivity contribution >= 4 is 6.09 Å². The molecule has 1 saturated carbocycles. The minimum Gasteiger partial charge on any atom is -0.445 e. The van der Waals surface area contributed by atoms with E-state index in [-0.39, 0.29) is 6.09 Å². The summed E-state index contributed by atoms with van der Waals surface area (Å²) in [5.74, 6) is 0.768. The molecule has 2 aliphatic rings. The van der Waals surface area contributed by atoms with Crippen LogP contribution in [0.5, 0.6) is 0 Å². The van der Waals surface area contributed by atoms with Crippen LogP contribution in [0.25, 0.3) is 0 Å². The van der Waals surface area contributed by atoms with Crippen LogP contribution in [-0.2, 0) is 11.3 Å². The summed E-state index contributed by atoms with van der Waals surface area (Å²) in [7, 11) is 0. The Labute approximate surface area is 95.0 Å². The Kier molecular flexibility index (Phi) is 2.31. The number of nitrogens with zero attached hydrogens (tertiary/aromatic N) is 1. The SMILES string of the molecule is O=C(OCc1ccccc1)N1CC[C@@H]2C[C@H]21. The van der Waals surface area contributed by atoms with Crippen molar-refractivity contribution in [2.45, 2.75) is 25.5 Å². The lowest BCUT2D eigenvalue weighted by Crippen LogP contribution is -2.31. The van der Waals surface area contributed by atoms with Gasteiger partial charge in [0, 0.05) is 12.6 Å². The third kappa shape index (κ3) is 1.77. The molecule has 0 unspecified atom stereocenters. The highest BCUT2D eigenvalue weighted by atomic mass is 16.6. The fourth-order valence-corrected chi connectivity index (χ4v) is 2.42. The average molecular weight is 217 g/mol. The van der Waals surface area contributed by atoms with E-state index < -0.39 is 0 Å². The lowest BCUT2D eigenvalue weighted by molar-refractivity contribution is 0.0990. The Hall–Kier alpha value is -1.51. The standard InChI is InChI=1S/C13H15NO2/c15-13(14-7-6-11-8-12(11)14)16-9-10-4-2-1-3-5-10/h1-5,11-12H,6-9H2/t11-,12-/m1/s1. The zero-order valence-electron chi connectivity index (χ0n) is 9.13. The number of piperidine rings is 1. The minimum absolute atomic E-state index is 0.145. The molecule has 1 aromatic rings. The van der Waals surface area contributed by atoms with Gasteiger partial charge >= 0.3 is 6.09 Å². The van der Waals surface area contributed by atoms with Crippen molar-refractivity contribution in [3.05, 3.63) is 35.9 Å². The lowest BCUT2D eigenvalue weighted by Gasteiger charge is -2.17. The second-order valence-corrected chi connectivity index (χ2v) is 4.59. The molecule has 1 aliphatic heterocycles. The molecule has 16 heavy (non-hydrogen) atoms. The fraction of sp³-hybridized carbons (Fsp3) is 0.462. The van der Waals surface area contributed by atoms with Crippen molar-refractivity contribution in [1.82, 2.24) is 4.90 Å². The molecule has 1 saturated heterocycles. The predicted octanol–water partition coefficient (Wildman–Crippen LogP) is 2.42. The lowest BCUT2D eigenvalue weighted by atomic mass is 10.2. The Morgan fingerprint density at radius 1 is 1.38 bits per heavy atom. The molecular weight excluding hydrogens is 202 g/mol. The number of likely N-dealkylation sites (tertiary alicyclic amines) is 1. The minimum atomic E-state index is -0.145. The maximum atomic E-state index is 11.8. The highest BCUT2D eigenvalue weighted by Gasteiger charge is 2.49. The number of fused-ring (bicyclic) bond motifs is 1. The molecule has 0 spiro atoms. The summed E-state index contributed by atoms with van der Waals surface area (Å²) in [5.41, 5.74) is 1.04. The second kappa shape index (κ2) is 3.81. The van der Waals surface area contributed by atoms with E-state index in [1.54, 1.807) is 0 Å². The van der Waals surface area contributed by atoms with Gasteiger partial charge in [-0.25, -0.2) is 4.79 Å². The van der Waals surface area contributed by atoms with E-state index in [0.29, 0.717) is 12.6 Å². The smallest absolute Gasteiger partial charge is 0.410 e. The van der Waals surface area contributed by atoms with Crippen LogP contribution in [0.2, 0.25) is 0 Å². The van der Waals surface area contributed by atoms with Crippen molar-refractivity contribution < 1.29 is 9.53 Å². The Morgan fingerprint density at radius 2 is 2.19 bits per heavy atom. The van der Waals surface area contributed by atoms with Crippen molar-refractivity contribution in [1.29, 1.82) is 0 Å². The molecule has 2 atom stereocenters. The van der Waals surface area contributed by atoms with E-state index >= 15 is 0 Å². The van der Waals surface area contributed by atoms with Crippen molar-refractivity contribution in [2.75, 3.05) is 6.54 Å². The summed E-state index contributed by atoms with van der Waals surface area (Å²) in [6, 6.07) is 10.3. The van der Waals surface area contributed by atoms with Crippen molar-refractivity contribution in [3.8, 4) is 0 Å². The monoisotopic (exact) mass is 217 g/mol. The molecule has 1 heterocycles. The molecule has 1 aliphatic carbocycles. The van der Waals surface area contributed by atoms with E-state index in [9.17, 15) is 4.79 Å². The number of carbonyl (C=O) groups excluding carboxylic acids is 1. The fourth-order valence-electron chi connectivity index (χ4n) is 2.42. The normalized spacial score (nSPS) is 26.4. The predicted molar refractivity (Wildman–Crippen MR) is 59.8 cm³/mol. The van der Waals surface area contributed by atoms with Crippen LogP contribution in [0.1, 0.15) is 18.4 Å². The molecule has 1 aromatic carbocycles. The molecule has 2 fully saturated rings. The molecule has 3 heteroatoms. The molecular formula is C13H15NO2. The Bertz CT molecular complexity index is 390. The van der Waals surface area contributed by atoms with Crippen LogP contribution >= 0.6 is 0 Å². The van der Waals surface area contributed by atoms with Crippen LogP contribution in [0.3, 0.4) is 0 Å². The number of rotatable bonds is 2. The van der Waals surface area contributed by atoms with Gasteiger partial charge in [0.25, 0.3) is 0 Å². The van der Waals surface area contributed by atoms with Gasteiger partial charge in [-0.3, -0.25) is 0 Å². The second-order valence-electron chi connectivity index (χ2n) is 4.59. The van der Waals surface area contributed by atoms with E-state index in [1.165, 1.54) is 6.42 Å². The summed E-state index contributed by atoms with van der Waals surface area (Å²) in [4.78, 5) is 13.6. The molecule has 0 N–H and O–H groups in total. The van der Waals surface area contributed by atoms with Crippen LogP contribution in [0, 0.1) is 5.92 Å². The van der Waals surface area contributed by atoms with Crippen LogP contribution in [0.4, 0.5) is 4.79 Å². The van der Waals surface area contributed by atoms with Gasteiger partial charge < -0.3 is 9.64 Å². The number of benzene rings is 1. The Balaban J connectivity index is 1.53. The van der Waals surface area contributed by atoms with Gasteiger partial charge in [0.2, 0.25) is 0 Å². The van der Waals surface area contributed by atoms with Crippen LogP contribution in [-0.4, -0.2) is 23.6 Å². The zero-order valence-corrected chi connectivity index (χ0v) is 9.13. The van der Waals surface area contributed by atoms with Gasteiger partial charge in [-0.2, -0.15) is 0 Å². The third-order valence-electron chi connectivity index (χ3n) is 3.47. The van der Waals surface area contributed by atoms with Gasteiger partial charge in [0.05, 0.1) is 0 Å². The number of amides is 1. The van der Waals surface area contributed by atoms with Gasteiger partial charge in [0.15, 0.2) is 0 Å². The molecule has 3 nitrogen and oxygen atoms in total. The third-order valence-corrected chi connectivity index (χ3v) is 3.47. The first-order valence-electron chi connectivity index (χ1n) is 5.82. The number of hydrogen-bond acceptors (Lipinski definition) is 2. The number of hydrogen-bond donors (Lipinski definition) is 0. The van der Waals surface area contributed by atoms with Crippen molar-refractivity contribution in [3.63, 3.8) is 0 Å². The first-order chi connectivity index (χ1) is 7.84. The summed E-state index contributed by atoms with van der Waals surface area (Å²) in [5, 5.41) is 0. The molecule has 1 amide bonds. The first-order valence-corrected chi connectivity index (χ1v) is 5.82. The van der Waals surface area contributed by atoms with Crippen molar-refractivity contribution in [2.24, 2.45) is 5.92 Å². The summed E-state index contributed by atoms with van der Waals surface area (Å²) in [6.07, 6.45) is 2.19. The van der Waals surface area contributed by atoms with E-state index in [0.717, 1.165) is 24.4 Å². The highest BCUT2D eigenvalue weighted by Crippen LogP contribution is 2.44. The maximum Gasteiger partial charge on any atom is 0.410 e. The first kappa shape index (κ1) is 9.70. The molecule has 0 bridgehead atoms. The molecule has 84 valence electrons. The number of carbonyl (C=O) groups is 1. The van der Waals surface area contributed by atoms with E-state index in [1.807, 2.05) is 35.2 Å². The quantitative estimate of drug-likeness (QED) is 0.761.